The quantitative estimate of drug-likeness (QED) is 0.676. The highest BCUT2D eigenvalue weighted by atomic mass is 16.5. The number of ether oxygens (including phenoxy) is 3. The van der Waals surface area contributed by atoms with Crippen LogP contribution < -0.4 is 14.2 Å². The van der Waals surface area contributed by atoms with E-state index in [1.165, 1.54) is 24.0 Å². The van der Waals surface area contributed by atoms with Gasteiger partial charge < -0.3 is 19.3 Å². The molecule has 1 N–H and O–H groups in total. The van der Waals surface area contributed by atoms with Gasteiger partial charge in [0, 0.05) is 19.1 Å². The van der Waals surface area contributed by atoms with Gasteiger partial charge >= 0.3 is 0 Å². The number of methoxy groups -OCH3 is 3. The first-order valence-corrected chi connectivity index (χ1v) is 10.9. The third-order valence-corrected chi connectivity index (χ3v) is 6.52. The fourth-order valence-corrected chi connectivity index (χ4v) is 4.53. The van der Waals surface area contributed by atoms with Crippen molar-refractivity contribution in [2.24, 2.45) is 5.92 Å². The van der Waals surface area contributed by atoms with E-state index in [0.29, 0.717) is 12.6 Å². The second kappa shape index (κ2) is 9.27. The van der Waals surface area contributed by atoms with Gasteiger partial charge in [-0.2, -0.15) is 0 Å². The Morgan fingerprint density at radius 2 is 1.60 bits per heavy atom. The van der Waals surface area contributed by atoms with Gasteiger partial charge in [0.25, 0.3) is 0 Å². The van der Waals surface area contributed by atoms with Crippen LogP contribution in [0.25, 0.3) is 0 Å². The zero-order valence-corrected chi connectivity index (χ0v) is 18.3. The van der Waals surface area contributed by atoms with Gasteiger partial charge in [-0.1, -0.05) is 12.1 Å². The van der Waals surface area contributed by atoms with Crippen LogP contribution in [0.1, 0.15) is 42.1 Å². The lowest BCUT2D eigenvalue weighted by Crippen LogP contribution is -2.42. The molecule has 2 aromatic carbocycles. The number of rotatable bonds is 9. The molecule has 5 heteroatoms. The lowest BCUT2D eigenvalue weighted by atomic mass is 9.86. The van der Waals surface area contributed by atoms with Crippen molar-refractivity contribution in [3.8, 4) is 17.2 Å². The van der Waals surface area contributed by atoms with E-state index >= 15 is 0 Å². The van der Waals surface area contributed by atoms with Crippen LogP contribution in [0.5, 0.6) is 17.2 Å². The van der Waals surface area contributed by atoms with Crippen LogP contribution in [-0.2, 0) is 12.8 Å². The molecule has 2 aromatic rings. The fourth-order valence-electron chi connectivity index (χ4n) is 4.53. The van der Waals surface area contributed by atoms with Crippen molar-refractivity contribution in [2.45, 2.75) is 44.2 Å². The number of hydrogen-bond acceptors (Lipinski definition) is 5. The van der Waals surface area contributed by atoms with Gasteiger partial charge in [0.1, 0.15) is 5.75 Å². The van der Waals surface area contributed by atoms with Crippen LogP contribution in [0.4, 0.5) is 0 Å². The standard InChI is InChI=1S/C25H33NO4/c1-28-22-10-7-18(8-11-22)23(27)16-26(15-17-4-5-17)21-9-6-19-13-24(29-2)25(30-3)14-20(19)12-21/h7-8,10-11,13-14,17,21,23,27H,4-6,9,12,15-16H2,1-3H3. The highest BCUT2D eigenvalue weighted by molar-refractivity contribution is 5.48. The molecule has 0 heterocycles. The Hall–Kier alpha value is -2.24. The normalized spacial score (nSPS) is 19.3. The number of fused-ring (bicyclic) bond motifs is 1. The van der Waals surface area contributed by atoms with E-state index in [9.17, 15) is 5.11 Å². The summed E-state index contributed by atoms with van der Waals surface area (Å²) < 4.78 is 16.2. The van der Waals surface area contributed by atoms with Gasteiger partial charge in [0.15, 0.2) is 11.5 Å². The molecule has 0 saturated heterocycles. The highest BCUT2D eigenvalue weighted by Gasteiger charge is 2.32. The lowest BCUT2D eigenvalue weighted by Gasteiger charge is -2.37. The molecule has 2 aliphatic rings. The Bertz CT molecular complexity index is 847. The summed E-state index contributed by atoms with van der Waals surface area (Å²) in [7, 11) is 5.04. The van der Waals surface area contributed by atoms with Crippen LogP contribution in [0.3, 0.4) is 0 Å². The van der Waals surface area contributed by atoms with Crippen molar-refractivity contribution in [3.63, 3.8) is 0 Å². The Balaban J connectivity index is 1.49. The second-order valence-electron chi connectivity index (χ2n) is 8.56. The minimum atomic E-state index is -0.499. The maximum atomic E-state index is 10.9. The summed E-state index contributed by atoms with van der Waals surface area (Å²) >= 11 is 0. The zero-order valence-electron chi connectivity index (χ0n) is 18.3. The molecule has 0 radical (unpaired) electrons. The van der Waals surface area contributed by atoms with Gasteiger partial charge in [0.2, 0.25) is 0 Å². The van der Waals surface area contributed by atoms with E-state index in [1.807, 2.05) is 24.3 Å². The zero-order chi connectivity index (χ0) is 21.1. The van der Waals surface area contributed by atoms with E-state index in [2.05, 4.69) is 17.0 Å². The Morgan fingerprint density at radius 3 is 2.20 bits per heavy atom. The van der Waals surface area contributed by atoms with E-state index in [0.717, 1.165) is 54.5 Å². The minimum Gasteiger partial charge on any atom is -0.497 e. The van der Waals surface area contributed by atoms with Crippen LogP contribution in [0.15, 0.2) is 36.4 Å². The smallest absolute Gasteiger partial charge is 0.161 e. The summed E-state index contributed by atoms with van der Waals surface area (Å²) in [4.78, 5) is 2.52. The Kier molecular flexibility index (Phi) is 6.49. The van der Waals surface area contributed by atoms with Crippen molar-refractivity contribution in [1.82, 2.24) is 4.90 Å². The second-order valence-corrected chi connectivity index (χ2v) is 8.56. The third-order valence-electron chi connectivity index (χ3n) is 6.52. The van der Waals surface area contributed by atoms with Crippen molar-refractivity contribution < 1.29 is 19.3 Å². The first kappa shape index (κ1) is 21.0. The van der Waals surface area contributed by atoms with Crippen molar-refractivity contribution >= 4 is 0 Å². The summed E-state index contributed by atoms with van der Waals surface area (Å²) in [6, 6.07) is 12.5. The molecule has 0 bridgehead atoms. The van der Waals surface area contributed by atoms with Crippen molar-refractivity contribution in [1.29, 1.82) is 0 Å². The van der Waals surface area contributed by atoms with Crippen LogP contribution in [0, 0.1) is 5.92 Å². The molecule has 1 saturated carbocycles. The van der Waals surface area contributed by atoms with Crippen molar-refractivity contribution in [3.05, 3.63) is 53.1 Å². The summed E-state index contributed by atoms with van der Waals surface area (Å²) in [6.07, 6.45) is 5.23. The third kappa shape index (κ3) is 4.73. The highest BCUT2D eigenvalue weighted by Crippen LogP contribution is 2.37. The molecule has 1 fully saturated rings. The van der Waals surface area contributed by atoms with Crippen molar-refractivity contribution in [2.75, 3.05) is 34.4 Å². The molecule has 0 spiro atoms. The Morgan fingerprint density at radius 1 is 0.933 bits per heavy atom. The van der Waals surface area contributed by atoms with Crippen LogP contribution in [0.2, 0.25) is 0 Å². The predicted octanol–water partition coefficient (Wildman–Crippen LogP) is 4.02. The molecule has 2 atom stereocenters. The van der Waals surface area contributed by atoms with Gasteiger partial charge in [-0.05, 0) is 79.0 Å². The van der Waals surface area contributed by atoms with E-state index in [1.54, 1.807) is 21.3 Å². The predicted molar refractivity (Wildman–Crippen MR) is 118 cm³/mol. The Labute approximate surface area is 179 Å². The molecule has 0 aliphatic heterocycles. The molecule has 30 heavy (non-hydrogen) atoms. The molecular formula is C25H33NO4. The minimum absolute atomic E-state index is 0.434. The number of aliphatic hydroxyl groups is 1. The number of aliphatic hydroxyl groups excluding tert-OH is 1. The summed E-state index contributed by atoms with van der Waals surface area (Å²) in [5.41, 5.74) is 3.63. The molecule has 0 amide bonds. The summed E-state index contributed by atoms with van der Waals surface area (Å²) in [5, 5.41) is 10.9. The molecule has 0 aromatic heterocycles. The monoisotopic (exact) mass is 411 g/mol. The molecule has 2 unspecified atom stereocenters. The number of nitrogens with zero attached hydrogens (tertiary/aromatic N) is 1. The number of hydrogen-bond donors (Lipinski definition) is 1. The van der Waals surface area contributed by atoms with Gasteiger partial charge in [-0.3, -0.25) is 4.90 Å². The van der Waals surface area contributed by atoms with Gasteiger partial charge in [0.05, 0.1) is 27.4 Å². The molecule has 162 valence electrons. The topological polar surface area (TPSA) is 51.2 Å². The number of benzene rings is 2. The SMILES string of the molecule is COc1ccc(C(O)CN(CC2CC2)C2CCc3cc(OC)c(OC)cc3C2)cc1. The average molecular weight is 412 g/mol. The molecular weight excluding hydrogens is 378 g/mol. The maximum Gasteiger partial charge on any atom is 0.161 e. The first-order chi connectivity index (χ1) is 14.6. The largest absolute Gasteiger partial charge is 0.497 e. The molecule has 5 nitrogen and oxygen atoms in total. The van der Waals surface area contributed by atoms with Crippen LogP contribution in [-0.4, -0.2) is 50.5 Å². The summed E-state index contributed by atoms with van der Waals surface area (Å²) in [5.74, 6) is 3.19. The average Bonchev–Trinajstić information content (AvgIpc) is 3.61. The fraction of sp³-hybridized carbons (Fsp3) is 0.520. The van der Waals surface area contributed by atoms with E-state index in [4.69, 9.17) is 14.2 Å². The maximum absolute atomic E-state index is 10.9. The lowest BCUT2D eigenvalue weighted by molar-refractivity contribution is 0.0777. The molecule has 2 aliphatic carbocycles. The van der Waals surface area contributed by atoms with E-state index < -0.39 is 6.10 Å². The first-order valence-electron chi connectivity index (χ1n) is 10.9. The number of aryl methyl sites for hydroxylation is 1. The van der Waals surface area contributed by atoms with Gasteiger partial charge in [-0.15, -0.1) is 0 Å². The van der Waals surface area contributed by atoms with Crippen LogP contribution >= 0.6 is 0 Å². The molecule has 4 rings (SSSR count). The van der Waals surface area contributed by atoms with Gasteiger partial charge in [-0.25, -0.2) is 0 Å². The summed E-state index contributed by atoms with van der Waals surface area (Å²) in [6.45, 7) is 1.73. The van der Waals surface area contributed by atoms with E-state index in [-0.39, 0.29) is 0 Å².